The number of hydrogen-bond acceptors (Lipinski definition) is 3. The fraction of sp³-hybridized carbons (Fsp3) is 0.407. The third-order valence-electron chi connectivity index (χ3n) is 6.37. The van der Waals surface area contributed by atoms with Crippen LogP contribution in [0.25, 0.3) is 5.57 Å². The maximum Gasteiger partial charge on any atom is 0.282 e. The Balaban J connectivity index is 1.78. The maximum absolute atomic E-state index is 13.7. The van der Waals surface area contributed by atoms with E-state index in [9.17, 15) is 14.0 Å². The van der Waals surface area contributed by atoms with Gasteiger partial charge in [-0.1, -0.05) is 58.9 Å². The molecule has 0 aliphatic carbocycles. The molecular formula is C27H31FN2O2. The van der Waals surface area contributed by atoms with Crippen LogP contribution in [0.2, 0.25) is 0 Å². The number of imide groups is 1. The number of piperidine rings is 1. The van der Waals surface area contributed by atoms with Gasteiger partial charge in [-0.25, -0.2) is 9.29 Å². The van der Waals surface area contributed by atoms with E-state index in [1.54, 1.807) is 12.1 Å². The summed E-state index contributed by atoms with van der Waals surface area (Å²) in [5, 5.41) is 0. The SMILES string of the molecule is CC1CC(C)CN(C2=C(c3ccc(F)cc3)C(=O)N(c3ccc(C(C)(C)C)cc3)C2=O)C1. The maximum atomic E-state index is 13.7. The molecule has 32 heavy (non-hydrogen) atoms. The summed E-state index contributed by atoms with van der Waals surface area (Å²) in [5.74, 6) is -0.194. The molecule has 0 N–H and O–H groups in total. The number of halogens is 1. The van der Waals surface area contributed by atoms with Gasteiger partial charge >= 0.3 is 0 Å². The topological polar surface area (TPSA) is 40.6 Å². The van der Waals surface area contributed by atoms with E-state index in [1.165, 1.54) is 17.0 Å². The Hall–Kier alpha value is -2.95. The second kappa shape index (κ2) is 8.19. The zero-order valence-electron chi connectivity index (χ0n) is 19.5. The average Bonchev–Trinajstić information content (AvgIpc) is 2.97. The molecular weight excluding hydrogens is 403 g/mol. The fourth-order valence-electron chi connectivity index (χ4n) is 4.88. The summed E-state index contributed by atoms with van der Waals surface area (Å²) in [5.41, 5.74) is 3.02. The summed E-state index contributed by atoms with van der Waals surface area (Å²) in [7, 11) is 0. The van der Waals surface area contributed by atoms with Gasteiger partial charge in [-0.3, -0.25) is 9.59 Å². The van der Waals surface area contributed by atoms with Gasteiger partial charge < -0.3 is 4.90 Å². The van der Waals surface area contributed by atoms with Gasteiger partial charge in [-0.05, 0) is 59.1 Å². The van der Waals surface area contributed by atoms with Crippen molar-refractivity contribution >= 4 is 23.1 Å². The second-order valence-corrected chi connectivity index (χ2v) is 10.3. The van der Waals surface area contributed by atoms with E-state index in [0.29, 0.717) is 34.4 Å². The lowest BCUT2D eigenvalue weighted by Crippen LogP contribution is -2.42. The molecule has 2 unspecified atom stereocenters. The molecule has 0 saturated carbocycles. The standard InChI is InChI=1S/C27H31FN2O2/c1-17-14-18(2)16-29(15-17)24-23(19-6-10-21(28)11-7-19)25(31)30(26(24)32)22-12-8-20(9-13-22)27(3,4)5/h6-13,17-18H,14-16H2,1-5H3. The third-order valence-corrected chi connectivity index (χ3v) is 6.37. The molecule has 1 saturated heterocycles. The Morgan fingerprint density at radius 2 is 1.41 bits per heavy atom. The highest BCUT2D eigenvalue weighted by Gasteiger charge is 2.43. The van der Waals surface area contributed by atoms with Gasteiger partial charge in [0.05, 0.1) is 11.3 Å². The second-order valence-electron chi connectivity index (χ2n) is 10.3. The van der Waals surface area contributed by atoms with E-state index in [1.807, 2.05) is 24.3 Å². The highest BCUT2D eigenvalue weighted by atomic mass is 19.1. The number of likely N-dealkylation sites (tertiary alicyclic amines) is 1. The minimum absolute atomic E-state index is 0.0275. The first-order valence-corrected chi connectivity index (χ1v) is 11.3. The van der Waals surface area contributed by atoms with Gasteiger partial charge in [-0.15, -0.1) is 0 Å². The average molecular weight is 435 g/mol. The van der Waals surface area contributed by atoms with E-state index in [4.69, 9.17) is 0 Å². The minimum atomic E-state index is -0.373. The smallest absolute Gasteiger partial charge is 0.282 e. The zero-order chi connectivity index (χ0) is 23.2. The Labute approximate surface area is 189 Å². The van der Waals surface area contributed by atoms with E-state index in [2.05, 4.69) is 39.5 Å². The van der Waals surface area contributed by atoms with Crippen molar-refractivity contribution in [1.29, 1.82) is 0 Å². The van der Waals surface area contributed by atoms with Gasteiger partial charge in [0.1, 0.15) is 11.5 Å². The molecule has 0 radical (unpaired) electrons. The first kappa shape index (κ1) is 22.3. The van der Waals surface area contributed by atoms with Crippen LogP contribution in [0.3, 0.4) is 0 Å². The number of benzene rings is 2. The van der Waals surface area contributed by atoms with Crippen molar-refractivity contribution in [3.63, 3.8) is 0 Å². The van der Waals surface area contributed by atoms with Crippen LogP contribution < -0.4 is 4.90 Å². The van der Waals surface area contributed by atoms with Crippen LogP contribution in [0, 0.1) is 17.7 Å². The van der Waals surface area contributed by atoms with Crippen LogP contribution in [0.1, 0.15) is 52.2 Å². The normalized spacial score (nSPS) is 22.2. The third kappa shape index (κ3) is 4.08. The summed E-state index contributed by atoms with van der Waals surface area (Å²) in [4.78, 5) is 30.6. The highest BCUT2D eigenvalue weighted by Crippen LogP contribution is 2.37. The summed E-state index contributed by atoms with van der Waals surface area (Å²) >= 11 is 0. The zero-order valence-corrected chi connectivity index (χ0v) is 19.5. The number of amides is 2. The van der Waals surface area contributed by atoms with Crippen LogP contribution in [-0.4, -0.2) is 29.8 Å². The number of rotatable bonds is 3. The van der Waals surface area contributed by atoms with Crippen LogP contribution in [-0.2, 0) is 15.0 Å². The highest BCUT2D eigenvalue weighted by molar-refractivity contribution is 6.45. The first-order valence-electron chi connectivity index (χ1n) is 11.3. The molecule has 2 aromatic rings. The number of hydrogen-bond donors (Lipinski definition) is 0. The molecule has 2 heterocycles. The van der Waals surface area contributed by atoms with Crippen LogP contribution in [0.4, 0.5) is 10.1 Å². The Morgan fingerprint density at radius 1 is 0.844 bits per heavy atom. The van der Waals surface area contributed by atoms with Crippen molar-refractivity contribution in [3.05, 3.63) is 71.2 Å². The largest absolute Gasteiger partial charge is 0.366 e. The predicted octanol–water partition coefficient (Wildman–Crippen LogP) is 5.39. The molecule has 0 bridgehead atoms. The predicted molar refractivity (Wildman–Crippen MR) is 125 cm³/mol. The monoisotopic (exact) mass is 434 g/mol. The van der Waals surface area contributed by atoms with Gasteiger partial charge in [0.15, 0.2) is 0 Å². The van der Waals surface area contributed by atoms with Crippen molar-refractivity contribution in [2.75, 3.05) is 18.0 Å². The summed E-state index contributed by atoms with van der Waals surface area (Å²) < 4.78 is 13.6. The van der Waals surface area contributed by atoms with E-state index >= 15 is 0 Å². The molecule has 0 spiro atoms. The minimum Gasteiger partial charge on any atom is -0.366 e. The lowest BCUT2D eigenvalue weighted by molar-refractivity contribution is -0.120. The van der Waals surface area contributed by atoms with Crippen LogP contribution in [0.15, 0.2) is 54.2 Å². The van der Waals surface area contributed by atoms with Gasteiger partial charge in [-0.2, -0.15) is 0 Å². The Bertz CT molecular complexity index is 1050. The lowest BCUT2D eigenvalue weighted by Gasteiger charge is -2.37. The van der Waals surface area contributed by atoms with Crippen molar-refractivity contribution in [1.82, 2.24) is 4.90 Å². The summed E-state index contributed by atoms with van der Waals surface area (Å²) in [6.07, 6.45) is 1.09. The number of nitrogens with zero attached hydrogens (tertiary/aromatic N) is 2. The van der Waals surface area contributed by atoms with Gasteiger partial charge in [0, 0.05) is 13.1 Å². The summed E-state index contributed by atoms with van der Waals surface area (Å²) in [6, 6.07) is 13.4. The molecule has 2 aromatic carbocycles. The van der Waals surface area contributed by atoms with Crippen molar-refractivity contribution in [3.8, 4) is 0 Å². The van der Waals surface area contributed by atoms with Crippen molar-refractivity contribution in [2.45, 2.75) is 46.5 Å². The van der Waals surface area contributed by atoms with Crippen LogP contribution in [0.5, 0.6) is 0 Å². The van der Waals surface area contributed by atoms with E-state index in [0.717, 1.165) is 25.1 Å². The molecule has 4 rings (SSSR count). The number of carbonyl (C=O) groups excluding carboxylic acids is 2. The summed E-state index contributed by atoms with van der Waals surface area (Å²) in [6.45, 7) is 12.2. The first-order chi connectivity index (χ1) is 15.1. The molecule has 0 aromatic heterocycles. The van der Waals surface area contributed by atoms with E-state index in [-0.39, 0.29) is 23.0 Å². The number of anilines is 1. The fourth-order valence-corrected chi connectivity index (χ4v) is 4.88. The Morgan fingerprint density at radius 3 is 1.94 bits per heavy atom. The number of carbonyl (C=O) groups is 2. The van der Waals surface area contributed by atoms with Crippen molar-refractivity contribution in [2.24, 2.45) is 11.8 Å². The molecule has 1 fully saturated rings. The van der Waals surface area contributed by atoms with Crippen LogP contribution >= 0.6 is 0 Å². The molecule has 2 aliphatic rings. The lowest BCUT2D eigenvalue weighted by atomic mass is 9.87. The quantitative estimate of drug-likeness (QED) is 0.609. The Kier molecular flexibility index (Phi) is 5.70. The van der Waals surface area contributed by atoms with Gasteiger partial charge in [0.25, 0.3) is 11.8 Å². The van der Waals surface area contributed by atoms with E-state index < -0.39 is 0 Å². The molecule has 5 heteroatoms. The van der Waals surface area contributed by atoms with Gasteiger partial charge in [0.2, 0.25) is 0 Å². The molecule has 4 nitrogen and oxygen atoms in total. The molecule has 2 atom stereocenters. The molecule has 2 aliphatic heterocycles. The molecule has 168 valence electrons. The van der Waals surface area contributed by atoms with Crippen molar-refractivity contribution < 1.29 is 14.0 Å². The molecule has 2 amide bonds.